The third-order valence-corrected chi connectivity index (χ3v) is 2.50. The predicted molar refractivity (Wildman–Crippen MR) is 61.7 cm³/mol. The van der Waals surface area contributed by atoms with Crippen LogP contribution >= 0.6 is 0 Å². The molecule has 0 spiro atoms. The van der Waals surface area contributed by atoms with Gasteiger partial charge in [0.2, 0.25) is 0 Å². The van der Waals surface area contributed by atoms with Gasteiger partial charge in [0.1, 0.15) is 6.17 Å². The smallest absolute Gasteiger partial charge is 0.120 e. The van der Waals surface area contributed by atoms with Gasteiger partial charge in [-0.3, -0.25) is 4.98 Å². The molecule has 78 valence electrons. The maximum atomic E-state index is 4.25. The van der Waals surface area contributed by atoms with Crippen molar-refractivity contribution in [1.82, 2.24) is 14.8 Å². The Morgan fingerprint density at radius 1 is 1.20 bits per heavy atom. The van der Waals surface area contributed by atoms with Crippen molar-refractivity contribution in [2.24, 2.45) is 0 Å². The Morgan fingerprint density at radius 3 is 2.53 bits per heavy atom. The zero-order valence-electron chi connectivity index (χ0n) is 9.04. The Hall–Kier alpha value is -1.77. The molecule has 0 radical (unpaired) electrons. The summed E-state index contributed by atoms with van der Waals surface area (Å²) < 4.78 is 0. The van der Waals surface area contributed by atoms with Gasteiger partial charge in [0.05, 0.1) is 5.69 Å². The number of rotatable bonds is 2. The molecule has 0 aliphatic carbocycles. The fraction of sp³-hybridized carbons (Fsp3) is 0.250. The molecule has 3 heteroatoms. The van der Waals surface area contributed by atoms with Crippen molar-refractivity contribution in [3.63, 3.8) is 0 Å². The van der Waals surface area contributed by atoms with E-state index in [0.717, 1.165) is 5.69 Å². The van der Waals surface area contributed by atoms with Crippen molar-refractivity contribution >= 4 is 6.08 Å². The highest BCUT2D eigenvalue weighted by Gasteiger charge is 2.16. The maximum Gasteiger partial charge on any atom is 0.120 e. The lowest BCUT2D eigenvalue weighted by Crippen LogP contribution is -2.31. The summed E-state index contributed by atoms with van der Waals surface area (Å²) in [6.45, 7) is 0. The van der Waals surface area contributed by atoms with E-state index in [0.29, 0.717) is 6.17 Å². The van der Waals surface area contributed by atoms with Gasteiger partial charge in [0.15, 0.2) is 0 Å². The monoisotopic (exact) mass is 201 g/mol. The molecule has 0 aromatic carbocycles. The summed E-state index contributed by atoms with van der Waals surface area (Å²) in [5.41, 5.74) is 0.992. The molecule has 1 aromatic rings. The molecule has 1 aromatic heterocycles. The molecule has 2 rings (SSSR count). The van der Waals surface area contributed by atoms with Crippen molar-refractivity contribution < 1.29 is 0 Å². The lowest BCUT2D eigenvalue weighted by Gasteiger charge is -2.24. The number of hydrogen-bond donors (Lipinski definition) is 0. The van der Waals surface area contributed by atoms with E-state index in [4.69, 9.17) is 0 Å². The fourth-order valence-electron chi connectivity index (χ4n) is 1.60. The van der Waals surface area contributed by atoms with Gasteiger partial charge >= 0.3 is 0 Å². The molecular weight excluding hydrogens is 186 g/mol. The summed E-state index contributed by atoms with van der Waals surface area (Å²) in [5, 5.41) is 0. The van der Waals surface area contributed by atoms with Crippen LogP contribution in [0.5, 0.6) is 0 Å². The average molecular weight is 201 g/mol. The first-order valence-corrected chi connectivity index (χ1v) is 4.99. The quantitative estimate of drug-likeness (QED) is 0.727. The van der Waals surface area contributed by atoms with Crippen LogP contribution in [-0.2, 0) is 0 Å². The van der Waals surface area contributed by atoms with Gasteiger partial charge in [-0.15, -0.1) is 0 Å². The van der Waals surface area contributed by atoms with Gasteiger partial charge in [-0.1, -0.05) is 6.07 Å². The first-order chi connectivity index (χ1) is 7.27. The van der Waals surface area contributed by atoms with Crippen molar-refractivity contribution in [3.05, 3.63) is 48.6 Å². The Balaban J connectivity index is 2.06. The van der Waals surface area contributed by atoms with E-state index in [2.05, 4.69) is 47.4 Å². The normalized spacial score (nSPS) is 16.9. The Bertz CT molecular complexity index is 358. The van der Waals surface area contributed by atoms with Crippen molar-refractivity contribution in [2.75, 3.05) is 14.1 Å². The highest BCUT2D eigenvalue weighted by Crippen LogP contribution is 2.13. The lowest BCUT2D eigenvalue weighted by molar-refractivity contribution is 0.258. The molecule has 0 amide bonds. The average Bonchev–Trinajstić information content (AvgIpc) is 2.58. The minimum atomic E-state index is 0.298. The molecule has 1 aliphatic rings. The number of aromatic nitrogens is 1. The fourth-order valence-corrected chi connectivity index (χ4v) is 1.60. The molecule has 15 heavy (non-hydrogen) atoms. The third kappa shape index (κ3) is 2.18. The van der Waals surface area contributed by atoms with E-state index >= 15 is 0 Å². The van der Waals surface area contributed by atoms with Crippen LogP contribution in [0.3, 0.4) is 0 Å². The molecule has 0 atom stereocenters. The SMILES string of the molecule is CN1C=CN(C)C1/C=C/c1ccccn1. The molecule has 0 N–H and O–H groups in total. The van der Waals surface area contributed by atoms with Crippen molar-refractivity contribution in [1.29, 1.82) is 0 Å². The Labute approximate surface area is 90.3 Å². The van der Waals surface area contributed by atoms with E-state index in [1.54, 1.807) is 6.20 Å². The second kappa shape index (κ2) is 4.17. The number of pyridine rings is 1. The van der Waals surface area contributed by atoms with Crippen LogP contribution in [0.4, 0.5) is 0 Å². The first kappa shape index (κ1) is 9.77. The summed E-state index contributed by atoms with van der Waals surface area (Å²) in [7, 11) is 4.13. The molecule has 0 fully saturated rings. The summed E-state index contributed by atoms with van der Waals surface area (Å²) in [5.74, 6) is 0. The van der Waals surface area contributed by atoms with E-state index in [1.807, 2.05) is 24.3 Å². The molecule has 1 aliphatic heterocycles. The van der Waals surface area contributed by atoms with E-state index in [9.17, 15) is 0 Å². The first-order valence-electron chi connectivity index (χ1n) is 4.99. The minimum absolute atomic E-state index is 0.298. The van der Waals surface area contributed by atoms with Gasteiger partial charge in [0, 0.05) is 32.7 Å². The van der Waals surface area contributed by atoms with E-state index in [1.165, 1.54) is 0 Å². The lowest BCUT2D eigenvalue weighted by atomic mass is 10.3. The van der Waals surface area contributed by atoms with Gasteiger partial charge in [-0.25, -0.2) is 0 Å². The largest absolute Gasteiger partial charge is 0.356 e. The molecule has 0 unspecified atom stereocenters. The summed E-state index contributed by atoms with van der Waals surface area (Å²) in [6, 6.07) is 5.92. The van der Waals surface area contributed by atoms with Crippen LogP contribution in [0.15, 0.2) is 42.9 Å². The number of nitrogens with zero attached hydrogens (tertiary/aromatic N) is 3. The van der Waals surface area contributed by atoms with Gasteiger partial charge < -0.3 is 9.80 Å². The zero-order valence-corrected chi connectivity index (χ0v) is 9.04. The second-order valence-corrected chi connectivity index (χ2v) is 3.66. The summed E-state index contributed by atoms with van der Waals surface area (Å²) in [4.78, 5) is 8.55. The van der Waals surface area contributed by atoms with Crippen LogP contribution in [0, 0.1) is 0 Å². The van der Waals surface area contributed by atoms with Crippen molar-refractivity contribution in [3.8, 4) is 0 Å². The standard InChI is InChI=1S/C12H15N3/c1-14-9-10-15(2)12(14)7-6-11-5-3-4-8-13-11/h3-10,12H,1-2H3/b7-6+. The Kier molecular flexibility index (Phi) is 2.72. The third-order valence-electron chi connectivity index (χ3n) is 2.50. The summed E-state index contributed by atoms with van der Waals surface area (Å²) in [6.07, 6.45) is 10.4. The van der Waals surface area contributed by atoms with Crippen LogP contribution in [0.25, 0.3) is 6.08 Å². The van der Waals surface area contributed by atoms with Crippen LogP contribution in [0.1, 0.15) is 5.69 Å². The highest BCUT2D eigenvalue weighted by molar-refractivity contribution is 5.45. The van der Waals surface area contributed by atoms with E-state index in [-0.39, 0.29) is 0 Å². The van der Waals surface area contributed by atoms with Gasteiger partial charge in [-0.05, 0) is 24.3 Å². The highest BCUT2D eigenvalue weighted by atomic mass is 15.4. The van der Waals surface area contributed by atoms with E-state index < -0.39 is 0 Å². The van der Waals surface area contributed by atoms with Crippen molar-refractivity contribution in [2.45, 2.75) is 6.17 Å². The second-order valence-electron chi connectivity index (χ2n) is 3.66. The zero-order chi connectivity index (χ0) is 10.7. The molecule has 2 heterocycles. The van der Waals surface area contributed by atoms with Crippen LogP contribution in [0.2, 0.25) is 0 Å². The predicted octanol–water partition coefficient (Wildman–Crippen LogP) is 1.77. The maximum absolute atomic E-state index is 4.25. The molecular formula is C12H15N3. The molecule has 0 bridgehead atoms. The Morgan fingerprint density at radius 2 is 1.93 bits per heavy atom. The number of hydrogen-bond acceptors (Lipinski definition) is 3. The van der Waals surface area contributed by atoms with Gasteiger partial charge in [-0.2, -0.15) is 0 Å². The molecule has 3 nitrogen and oxygen atoms in total. The molecule has 0 saturated carbocycles. The summed E-state index contributed by atoms with van der Waals surface area (Å²) >= 11 is 0. The number of likely N-dealkylation sites (N-methyl/N-ethyl adjacent to an activating group) is 2. The van der Waals surface area contributed by atoms with Crippen LogP contribution < -0.4 is 0 Å². The van der Waals surface area contributed by atoms with Gasteiger partial charge in [0.25, 0.3) is 0 Å². The minimum Gasteiger partial charge on any atom is -0.356 e. The topological polar surface area (TPSA) is 19.4 Å². The van der Waals surface area contributed by atoms with Crippen LogP contribution in [-0.4, -0.2) is 35.0 Å². The molecule has 0 saturated heterocycles.